The zero-order chi connectivity index (χ0) is 10.8. The van der Waals surface area contributed by atoms with Gasteiger partial charge in [0, 0.05) is 24.1 Å². The lowest BCUT2D eigenvalue weighted by atomic mass is 10.2. The summed E-state index contributed by atoms with van der Waals surface area (Å²) in [5.41, 5.74) is 10.5. The van der Waals surface area contributed by atoms with Crippen LogP contribution in [0.15, 0.2) is 36.5 Å². The lowest BCUT2D eigenvalue weighted by Gasteiger charge is -2.07. The molecule has 0 fully saturated rings. The molecule has 1 aromatic heterocycles. The standard InChI is InChI=1S/C13H16N2/c1-10-6-11(2)15(9-10)13-5-3-4-12(7-13)8-14/h3-7,9H,8,14H2,1-2H3. The molecule has 1 aromatic carbocycles. The fourth-order valence-electron chi connectivity index (χ4n) is 1.85. The number of aryl methyl sites for hydroxylation is 2. The molecule has 2 heteroatoms. The molecule has 0 saturated heterocycles. The normalized spacial score (nSPS) is 10.6. The highest BCUT2D eigenvalue weighted by molar-refractivity contribution is 5.39. The van der Waals surface area contributed by atoms with E-state index in [1.165, 1.54) is 22.5 Å². The van der Waals surface area contributed by atoms with Crippen molar-refractivity contribution in [3.63, 3.8) is 0 Å². The minimum atomic E-state index is 0.590. The Hall–Kier alpha value is -1.54. The largest absolute Gasteiger partial charge is 0.326 e. The highest BCUT2D eigenvalue weighted by atomic mass is 15.0. The van der Waals surface area contributed by atoms with Gasteiger partial charge in [-0.15, -0.1) is 0 Å². The van der Waals surface area contributed by atoms with Crippen molar-refractivity contribution < 1.29 is 0 Å². The molecule has 0 spiro atoms. The van der Waals surface area contributed by atoms with Gasteiger partial charge in [0.15, 0.2) is 0 Å². The number of aromatic nitrogens is 1. The van der Waals surface area contributed by atoms with Crippen LogP contribution in [-0.4, -0.2) is 4.57 Å². The molecule has 15 heavy (non-hydrogen) atoms. The first-order chi connectivity index (χ1) is 7.20. The molecule has 2 aromatic rings. The highest BCUT2D eigenvalue weighted by Gasteiger charge is 2.01. The van der Waals surface area contributed by atoms with Gasteiger partial charge in [0.1, 0.15) is 0 Å². The predicted molar refractivity (Wildman–Crippen MR) is 63.1 cm³/mol. The summed E-state index contributed by atoms with van der Waals surface area (Å²) in [5.74, 6) is 0. The zero-order valence-corrected chi connectivity index (χ0v) is 9.20. The monoisotopic (exact) mass is 200 g/mol. The fraction of sp³-hybridized carbons (Fsp3) is 0.231. The molecule has 0 aliphatic rings. The molecule has 2 nitrogen and oxygen atoms in total. The van der Waals surface area contributed by atoms with Gasteiger partial charge in [0.25, 0.3) is 0 Å². The van der Waals surface area contributed by atoms with E-state index in [1.54, 1.807) is 0 Å². The van der Waals surface area contributed by atoms with Crippen LogP contribution in [0.5, 0.6) is 0 Å². The van der Waals surface area contributed by atoms with Crippen LogP contribution in [-0.2, 0) is 6.54 Å². The molecule has 0 aliphatic heterocycles. The predicted octanol–water partition coefficient (Wildman–Crippen LogP) is 2.55. The first kappa shape index (κ1) is 9.99. The van der Waals surface area contributed by atoms with Gasteiger partial charge in [-0.2, -0.15) is 0 Å². The van der Waals surface area contributed by atoms with Crippen LogP contribution in [0, 0.1) is 13.8 Å². The van der Waals surface area contributed by atoms with Gasteiger partial charge in [-0.3, -0.25) is 0 Å². The van der Waals surface area contributed by atoms with Crippen LogP contribution in [0.1, 0.15) is 16.8 Å². The van der Waals surface area contributed by atoms with Gasteiger partial charge in [0.2, 0.25) is 0 Å². The third kappa shape index (κ3) is 1.95. The molecule has 0 atom stereocenters. The van der Waals surface area contributed by atoms with Crippen LogP contribution in [0.3, 0.4) is 0 Å². The van der Waals surface area contributed by atoms with Crippen molar-refractivity contribution in [2.24, 2.45) is 5.73 Å². The summed E-state index contributed by atoms with van der Waals surface area (Å²) in [6.07, 6.45) is 2.14. The van der Waals surface area contributed by atoms with Crippen molar-refractivity contribution in [1.82, 2.24) is 4.57 Å². The van der Waals surface area contributed by atoms with E-state index >= 15 is 0 Å². The van der Waals surface area contributed by atoms with E-state index in [1.807, 2.05) is 6.07 Å². The summed E-state index contributed by atoms with van der Waals surface area (Å²) in [6.45, 7) is 4.81. The second kappa shape index (κ2) is 3.91. The average molecular weight is 200 g/mol. The second-order valence-corrected chi connectivity index (χ2v) is 3.90. The summed E-state index contributed by atoms with van der Waals surface area (Å²) in [7, 11) is 0. The number of rotatable bonds is 2. The Kier molecular flexibility index (Phi) is 2.60. The van der Waals surface area contributed by atoms with Crippen molar-refractivity contribution in [2.45, 2.75) is 20.4 Å². The molecule has 2 rings (SSSR count). The molecular weight excluding hydrogens is 184 g/mol. The van der Waals surface area contributed by atoms with Gasteiger partial charge >= 0.3 is 0 Å². The molecular formula is C13H16N2. The molecule has 0 bridgehead atoms. The van der Waals surface area contributed by atoms with Gasteiger partial charge in [-0.1, -0.05) is 12.1 Å². The number of nitrogens with zero attached hydrogens (tertiary/aromatic N) is 1. The Balaban J connectivity index is 2.49. The minimum Gasteiger partial charge on any atom is -0.326 e. The van der Waals surface area contributed by atoms with Crippen molar-refractivity contribution >= 4 is 0 Å². The van der Waals surface area contributed by atoms with Crippen LogP contribution in [0.4, 0.5) is 0 Å². The van der Waals surface area contributed by atoms with Crippen LogP contribution in [0.2, 0.25) is 0 Å². The highest BCUT2D eigenvalue weighted by Crippen LogP contribution is 2.15. The first-order valence-electron chi connectivity index (χ1n) is 5.15. The fourth-order valence-corrected chi connectivity index (χ4v) is 1.85. The zero-order valence-electron chi connectivity index (χ0n) is 9.20. The molecule has 0 amide bonds. The topological polar surface area (TPSA) is 30.9 Å². The Labute approximate surface area is 90.3 Å². The lowest BCUT2D eigenvalue weighted by Crippen LogP contribution is -1.99. The summed E-state index contributed by atoms with van der Waals surface area (Å²) < 4.78 is 2.19. The van der Waals surface area contributed by atoms with E-state index in [2.05, 4.69) is 48.9 Å². The number of hydrogen-bond donors (Lipinski definition) is 1. The molecule has 1 heterocycles. The third-order valence-electron chi connectivity index (χ3n) is 2.57. The van der Waals surface area contributed by atoms with Crippen LogP contribution in [0.25, 0.3) is 5.69 Å². The first-order valence-corrected chi connectivity index (χ1v) is 5.15. The number of nitrogens with two attached hydrogens (primary N) is 1. The second-order valence-electron chi connectivity index (χ2n) is 3.90. The van der Waals surface area contributed by atoms with E-state index in [0.717, 1.165) is 0 Å². The third-order valence-corrected chi connectivity index (χ3v) is 2.57. The number of hydrogen-bond acceptors (Lipinski definition) is 1. The smallest absolute Gasteiger partial charge is 0.0455 e. The summed E-state index contributed by atoms with van der Waals surface area (Å²) in [4.78, 5) is 0. The Morgan fingerprint density at radius 3 is 2.60 bits per heavy atom. The molecule has 78 valence electrons. The quantitative estimate of drug-likeness (QED) is 0.793. The Bertz CT molecular complexity index is 469. The van der Waals surface area contributed by atoms with Crippen LogP contribution < -0.4 is 5.73 Å². The van der Waals surface area contributed by atoms with Gasteiger partial charge < -0.3 is 10.3 Å². The van der Waals surface area contributed by atoms with Gasteiger partial charge in [0.05, 0.1) is 0 Å². The van der Waals surface area contributed by atoms with E-state index in [4.69, 9.17) is 5.73 Å². The van der Waals surface area contributed by atoms with Gasteiger partial charge in [-0.05, 0) is 43.2 Å². The summed E-state index contributed by atoms with van der Waals surface area (Å²) in [5, 5.41) is 0. The van der Waals surface area contributed by atoms with E-state index in [9.17, 15) is 0 Å². The maximum atomic E-state index is 5.63. The summed E-state index contributed by atoms with van der Waals surface area (Å²) in [6, 6.07) is 10.5. The van der Waals surface area contributed by atoms with Crippen LogP contribution >= 0.6 is 0 Å². The van der Waals surface area contributed by atoms with Crippen molar-refractivity contribution in [3.05, 3.63) is 53.3 Å². The minimum absolute atomic E-state index is 0.590. The maximum Gasteiger partial charge on any atom is 0.0455 e. The van der Waals surface area contributed by atoms with E-state index in [0.29, 0.717) is 6.54 Å². The van der Waals surface area contributed by atoms with Crippen molar-refractivity contribution in [3.8, 4) is 5.69 Å². The molecule has 0 unspecified atom stereocenters. The Morgan fingerprint density at radius 1 is 1.20 bits per heavy atom. The molecule has 0 saturated carbocycles. The van der Waals surface area contributed by atoms with E-state index < -0.39 is 0 Å². The SMILES string of the molecule is Cc1cc(C)n(-c2cccc(CN)c2)c1. The molecule has 0 radical (unpaired) electrons. The lowest BCUT2D eigenvalue weighted by molar-refractivity contribution is 0.995. The number of benzene rings is 1. The summed E-state index contributed by atoms with van der Waals surface area (Å²) >= 11 is 0. The van der Waals surface area contributed by atoms with Gasteiger partial charge in [-0.25, -0.2) is 0 Å². The molecule has 2 N–H and O–H groups in total. The van der Waals surface area contributed by atoms with Crippen molar-refractivity contribution in [2.75, 3.05) is 0 Å². The maximum absolute atomic E-state index is 5.63. The Morgan fingerprint density at radius 2 is 2.00 bits per heavy atom. The van der Waals surface area contributed by atoms with Crippen molar-refractivity contribution in [1.29, 1.82) is 0 Å². The average Bonchev–Trinajstić information content (AvgIpc) is 2.58. The van der Waals surface area contributed by atoms with E-state index in [-0.39, 0.29) is 0 Å². The molecule has 0 aliphatic carbocycles.